The van der Waals surface area contributed by atoms with E-state index in [9.17, 15) is 15.0 Å². The summed E-state index contributed by atoms with van der Waals surface area (Å²) in [6.07, 6.45) is 5.34. The Morgan fingerprint density at radius 2 is 1.87 bits per heavy atom. The summed E-state index contributed by atoms with van der Waals surface area (Å²) in [5, 5.41) is 22.3. The lowest BCUT2D eigenvalue weighted by Gasteiger charge is -2.36. The molecule has 6 atom stereocenters. The van der Waals surface area contributed by atoms with Gasteiger partial charge in [0.15, 0.2) is 5.78 Å². The summed E-state index contributed by atoms with van der Waals surface area (Å²) in [7, 11) is 0. The Morgan fingerprint density at radius 3 is 2.52 bits per heavy atom. The second-order valence-corrected chi connectivity index (χ2v) is 9.07. The fraction of sp³-hybridized carbons (Fsp3) is 0.700. The lowest BCUT2D eigenvalue weighted by Crippen LogP contribution is -2.48. The highest BCUT2D eigenvalue weighted by atomic mass is 16.3. The molecule has 0 aliphatic heterocycles. The Hall–Kier alpha value is -1.06. The van der Waals surface area contributed by atoms with E-state index < -0.39 is 11.2 Å². The molecule has 23 heavy (non-hydrogen) atoms. The van der Waals surface area contributed by atoms with Gasteiger partial charge >= 0.3 is 0 Å². The minimum Gasteiger partial charge on any atom is -0.385 e. The van der Waals surface area contributed by atoms with Crippen LogP contribution in [0.2, 0.25) is 0 Å². The van der Waals surface area contributed by atoms with Crippen LogP contribution in [-0.4, -0.2) is 27.2 Å². The fourth-order valence-electron chi connectivity index (χ4n) is 6.22. The molecular formula is C20H27O3+. The molecule has 3 nitrogen and oxygen atoms in total. The first kappa shape index (κ1) is 15.5. The fourth-order valence-corrected chi connectivity index (χ4v) is 6.22. The van der Waals surface area contributed by atoms with E-state index >= 15 is 0 Å². The van der Waals surface area contributed by atoms with Crippen molar-refractivity contribution in [1.82, 2.24) is 0 Å². The minimum absolute atomic E-state index is 0.103. The van der Waals surface area contributed by atoms with Crippen LogP contribution in [0.15, 0.2) is 23.3 Å². The van der Waals surface area contributed by atoms with E-state index in [-0.39, 0.29) is 34.9 Å². The molecule has 0 bridgehead atoms. The highest BCUT2D eigenvalue weighted by Crippen LogP contribution is 2.74. The standard InChI is InChI=1S/C20H27O3/c1-10-6-13-15(12(3)9-20(23)16(13)18(20,4)5)14-7-11(2)17(21)19(14,22)8-10/h6-7,13-16,22-23H,8-9H2,1-5H3/q+1/t13-,14+,15-,16-,19-,20+/m1/s1. The van der Waals surface area contributed by atoms with Crippen molar-refractivity contribution in [1.29, 1.82) is 0 Å². The molecule has 0 aromatic rings. The predicted molar refractivity (Wildman–Crippen MR) is 88.3 cm³/mol. The summed E-state index contributed by atoms with van der Waals surface area (Å²) in [6, 6.07) is 0. The van der Waals surface area contributed by atoms with Gasteiger partial charge in [0.2, 0.25) is 0 Å². The van der Waals surface area contributed by atoms with E-state index in [1.54, 1.807) is 0 Å². The maximum absolute atomic E-state index is 12.6. The Balaban J connectivity index is 1.84. The Labute approximate surface area is 138 Å². The number of Topliss-reactive ketones (excluding diaryl/α,β-unsaturated/α-hetero) is 1. The van der Waals surface area contributed by atoms with Crippen molar-refractivity contribution < 1.29 is 15.0 Å². The molecule has 2 fully saturated rings. The summed E-state index contributed by atoms with van der Waals surface area (Å²) < 4.78 is 0. The average Bonchev–Trinajstić information content (AvgIpc) is 2.81. The number of carbonyl (C=O) groups is 1. The molecule has 2 N–H and O–H groups in total. The van der Waals surface area contributed by atoms with Crippen molar-refractivity contribution in [3.05, 3.63) is 29.2 Å². The lowest BCUT2D eigenvalue weighted by molar-refractivity contribution is -0.137. The van der Waals surface area contributed by atoms with E-state index in [1.165, 1.54) is 5.92 Å². The van der Waals surface area contributed by atoms with E-state index in [2.05, 4.69) is 26.8 Å². The van der Waals surface area contributed by atoms with Crippen molar-refractivity contribution in [2.24, 2.45) is 29.1 Å². The van der Waals surface area contributed by atoms with E-state index in [4.69, 9.17) is 0 Å². The predicted octanol–water partition coefficient (Wildman–Crippen LogP) is 2.83. The quantitative estimate of drug-likeness (QED) is 0.534. The van der Waals surface area contributed by atoms with Crippen LogP contribution in [0.1, 0.15) is 47.5 Å². The van der Waals surface area contributed by atoms with Crippen molar-refractivity contribution in [3.8, 4) is 0 Å². The number of hydrogen-bond donors (Lipinski definition) is 2. The van der Waals surface area contributed by atoms with Gasteiger partial charge in [0, 0.05) is 23.7 Å². The number of carbonyl (C=O) groups excluding carboxylic acids is 1. The van der Waals surface area contributed by atoms with Gasteiger partial charge in [0.05, 0.1) is 18.8 Å². The first-order chi connectivity index (χ1) is 10.5. The van der Waals surface area contributed by atoms with Crippen LogP contribution in [-0.2, 0) is 4.79 Å². The van der Waals surface area contributed by atoms with E-state index in [1.807, 2.05) is 19.9 Å². The zero-order chi connectivity index (χ0) is 16.9. The van der Waals surface area contributed by atoms with E-state index in [0.29, 0.717) is 18.4 Å². The normalized spacial score (nSPS) is 50.4. The third kappa shape index (κ3) is 1.63. The van der Waals surface area contributed by atoms with E-state index in [0.717, 1.165) is 5.57 Å². The largest absolute Gasteiger partial charge is 0.385 e. The van der Waals surface area contributed by atoms with Crippen molar-refractivity contribution >= 4 is 5.78 Å². The lowest BCUT2D eigenvalue weighted by atomic mass is 9.63. The number of allylic oxidation sites excluding steroid dienone is 1. The molecule has 3 heteroatoms. The summed E-state index contributed by atoms with van der Waals surface area (Å²) in [5.41, 5.74) is -0.261. The molecule has 0 radical (unpaired) electrons. The zero-order valence-corrected chi connectivity index (χ0v) is 14.7. The van der Waals surface area contributed by atoms with Gasteiger partial charge < -0.3 is 10.2 Å². The molecule has 4 aliphatic carbocycles. The minimum atomic E-state index is -1.29. The molecule has 124 valence electrons. The van der Waals surface area contributed by atoms with Crippen LogP contribution in [0.5, 0.6) is 0 Å². The van der Waals surface area contributed by atoms with Crippen LogP contribution >= 0.6 is 0 Å². The molecule has 0 spiro atoms. The summed E-state index contributed by atoms with van der Waals surface area (Å²) >= 11 is 0. The van der Waals surface area contributed by atoms with Crippen LogP contribution in [0, 0.1) is 35.0 Å². The Morgan fingerprint density at radius 1 is 1.22 bits per heavy atom. The molecule has 0 unspecified atom stereocenters. The Kier molecular flexibility index (Phi) is 2.77. The molecule has 0 amide bonds. The molecule has 0 heterocycles. The number of rotatable bonds is 0. The SMILES string of the molecule is CC1=C[C@@H]2[C@@H]([C+](C)C[C@]3(O)[C@H]2C3(C)C)[C@@H]2C=C(C)C(=O)[C@@]2(O)C1. The van der Waals surface area contributed by atoms with Gasteiger partial charge in [-0.05, 0) is 19.4 Å². The number of aliphatic hydroxyl groups is 2. The van der Waals surface area contributed by atoms with Gasteiger partial charge in [-0.1, -0.05) is 31.6 Å². The number of hydrogen-bond acceptors (Lipinski definition) is 3. The van der Waals surface area contributed by atoms with Crippen LogP contribution in [0.4, 0.5) is 0 Å². The second kappa shape index (κ2) is 4.12. The molecular weight excluding hydrogens is 288 g/mol. The van der Waals surface area contributed by atoms with Crippen molar-refractivity contribution in [2.45, 2.75) is 58.7 Å². The molecule has 4 rings (SSSR count). The van der Waals surface area contributed by atoms with Crippen LogP contribution in [0.25, 0.3) is 0 Å². The van der Waals surface area contributed by atoms with Gasteiger partial charge in [-0.3, -0.25) is 4.79 Å². The number of fused-ring (bicyclic) bond motifs is 5. The first-order valence-corrected chi connectivity index (χ1v) is 8.71. The Bertz CT molecular complexity index is 658. The highest BCUT2D eigenvalue weighted by molar-refractivity contribution is 6.04. The maximum Gasteiger partial charge on any atom is 0.190 e. The molecule has 0 saturated heterocycles. The van der Waals surface area contributed by atoms with Crippen LogP contribution in [0.3, 0.4) is 0 Å². The summed E-state index contributed by atoms with van der Waals surface area (Å²) in [4.78, 5) is 12.6. The van der Waals surface area contributed by atoms with Crippen molar-refractivity contribution in [2.75, 3.05) is 0 Å². The van der Waals surface area contributed by atoms with Gasteiger partial charge in [-0.2, -0.15) is 0 Å². The monoisotopic (exact) mass is 315 g/mol. The third-order valence-corrected chi connectivity index (χ3v) is 7.39. The first-order valence-electron chi connectivity index (χ1n) is 8.71. The molecule has 2 saturated carbocycles. The second-order valence-electron chi connectivity index (χ2n) is 9.07. The van der Waals surface area contributed by atoms with Gasteiger partial charge in [-0.15, -0.1) is 0 Å². The third-order valence-electron chi connectivity index (χ3n) is 7.39. The van der Waals surface area contributed by atoms with Crippen LogP contribution < -0.4 is 0 Å². The van der Waals surface area contributed by atoms with Gasteiger partial charge in [0.1, 0.15) is 23.5 Å². The summed E-state index contributed by atoms with van der Waals surface area (Å²) in [6.45, 7) is 10.2. The topological polar surface area (TPSA) is 57.5 Å². The molecule has 4 aliphatic rings. The summed E-state index contributed by atoms with van der Waals surface area (Å²) in [5.74, 6) is 1.52. The average molecular weight is 315 g/mol. The molecule has 0 aromatic carbocycles. The number of ketones is 1. The zero-order valence-electron chi connectivity index (χ0n) is 14.7. The highest BCUT2D eigenvalue weighted by Gasteiger charge is 2.80. The smallest absolute Gasteiger partial charge is 0.190 e. The van der Waals surface area contributed by atoms with Gasteiger partial charge in [0.25, 0.3) is 0 Å². The van der Waals surface area contributed by atoms with Gasteiger partial charge in [-0.25, -0.2) is 0 Å². The maximum atomic E-state index is 12.6. The van der Waals surface area contributed by atoms with Crippen molar-refractivity contribution in [3.63, 3.8) is 0 Å². The molecule has 0 aromatic heterocycles.